The number of hydrogen-bond acceptors (Lipinski definition) is 4. The van der Waals surface area contributed by atoms with Crippen molar-refractivity contribution in [3.8, 4) is 0 Å². The highest BCUT2D eigenvalue weighted by Gasteiger charge is 2.15. The highest BCUT2D eigenvalue weighted by atomic mass is 32.1. The van der Waals surface area contributed by atoms with Gasteiger partial charge in [0.25, 0.3) is 0 Å². The number of anilines is 1. The van der Waals surface area contributed by atoms with Gasteiger partial charge >= 0.3 is 0 Å². The largest absolute Gasteiger partial charge is 0.389 e. The molecule has 1 heterocycles. The van der Waals surface area contributed by atoms with E-state index in [1.807, 2.05) is 6.92 Å². The molecule has 3 N–H and O–H groups in total. The quantitative estimate of drug-likeness (QED) is 0.852. The molecule has 1 aromatic carbocycles. The van der Waals surface area contributed by atoms with Crippen molar-refractivity contribution in [3.05, 3.63) is 45.4 Å². The van der Waals surface area contributed by atoms with E-state index < -0.39 is 11.6 Å². The molecule has 0 atom stereocenters. The van der Waals surface area contributed by atoms with E-state index in [2.05, 4.69) is 22.5 Å². The van der Waals surface area contributed by atoms with Gasteiger partial charge in [-0.1, -0.05) is 12.2 Å². The van der Waals surface area contributed by atoms with E-state index >= 15 is 0 Å². The van der Waals surface area contributed by atoms with Crippen molar-refractivity contribution < 1.29 is 8.78 Å². The van der Waals surface area contributed by atoms with E-state index in [1.54, 1.807) is 5.51 Å². The highest BCUT2D eigenvalue weighted by Crippen LogP contribution is 2.22. The third kappa shape index (κ3) is 2.87. The van der Waals surface area contributed by atoms with Crippen molar-refractivity contribution in [3.63, 3.8) is 0 Å². The maximum Gasteiger partial charge on any atom is 0.182 e. The summed E-state index contributed by atoms with van der Waals surface area (Å²) in [5.74, 6) is -2.01. The van der Waals surface area contributed by atoms with Crippen LogP contribution in [0.15, 0.2) is 17.6 Å². The topological polar surface area (TPSA) is 50.9 Å². The molecule has 100 valence electrons. The molecule has 0 saturated carbocycles. The molecular formula is C12H11F2N3S2. The summed E-state index contributed by atoms with van der Waals surface area (Å²) in [6, 6.07) is 2.78. The van der Waals surface area contributed by atoms with Crippen molar-refractivity contribution in [2.45, 2.75) is 13.5 Å². The first-order chi connectivity index (χ1) is 9.00. The average Bonchev–Trinajstić information content (AvgIpc) is 2.76. The first kappa shape index (κ1) is 13.8. The van der Waals surface area contributed by atoms with Gasteiger partial charge in [-0.25, -0.2) is 13.8 Å². The van der Waals surface area contributed by atoms with Gasteiger partial charge in [-0.15, -0.1) is 11.3 Å². The second-order valence-corrected chi connectivity index (χ2v) is 5.25. The number of thiazole rings is 1. The van der Waals surface area contributed by atoms with Crippen LogP contribution in [0, 0.1) is 18.6 Å². The zero-order valence-corrected chi connectivity index (χ0v) is 11.7. The molecule has 2 rings (SSSR count). The van der Waals surface area contributed by atoms with Crippen LogP contribution in [0.4, 0.5) is 14.5 Å². The molecule has 0 saturated heterocycles. The number of hydrogen-bond donors (Lipinski definition) is 2. The standard InChI is InChI=1S/C12H11F2N3S2/c1-6-9(19-5-17-6)4-16-8-3-2-7(12(15)18)10(13)11(8)14/h2-3,5,16H,4H2,1H3,(H2,15,18). The van der Waals surface area contributed by atoms with Gasteiger partial charge in [-0.3, -0.25) is 0 Å². The lowest BCUT2D eigenvalue weighted by atomic mass is 10.1. The minimum absolute atomic E-state index is 0.0744. The lowest BCUT2D eigenvalue weighted by Gasteiger charge is -2.09. The van der Waals surface area contributed by atoms with Gasteiger partial charge in [-0.05, 0) is 19.1 Å². The minimum atomic E-state index is -1.03. The molecule has 0 spiro atoms. The molecule has 0 amide bonds. The zero-order chi connectivity index (χ0) is 14.0. The molecule has 3 nitrogen and oxygen atoms in total. The molecule has 0 bridgehead atoms. The van der Waals surface area contributed by atoms with Crippen LogP contribution in [0.25, 0.3) is 0 Å². The number of nitrogens with zero attached hydrogens (tertiary/aromatic N) is 1. The Balaban J connectivity index is 2.20. The summed E-state index contributed by atoms with van der Waals surface area (Å²) in [4.78, 5) is 4.89. The Morgan fingerprint density at radius 3 is 2.74 bits per heavy atom. The Hall–Kier alpha value is -1.60. The normalized spacial score (nSPS) is 10.5. The number of thiocarbonyl (C=S) groups is 1. The summed E-state index contributed by atoms with van der Waals surface area (Å²) in [6.45, 7) is 2.25. The fourth-order valence-electron chi connectivity index (χ4n) is 1.55. The van der Waals surface area contributed by atoms with Crippen LogP contribution in [-0.4, -0.2) is 9.97 Å². The number of nitrogens with one attached hydrogen (secondary N) is 1. The Bertz CT molecular complexity index is 625. The maximum atomic E-state index is 13.8. The number of benzene rings is 1. The predicted octanol–water partition coefficient (Wildman–Crippen LogP) is 2.98. The van der Waals surface area contributed by atoms with Crippen LogP contribution < -0.4 is 11.1 Å². The molecule has 2 aromatic rings. The predicted molar refractivity (Wildman–Crippen MR) is 76.4 cm³/mol. The molecule has 7 heteroatoms. The van der Waals surface area contributed by atoms with Crippen LogP contribution >= 0.6 is 23.6 Å². The van der Waals surface area contributed by atoms with Crippen LogP contribution in [-0.2, 0) is 6.54 Å². The number of nitrogens with two attached hydrogens (primary N) is 1. The number of aryl methyl sites for hydroxylation is 1. The summed E-state index contributed by atoms with van der Waals surface area (Å²) in [6.07, 6.45) is 0. The monoisotopic (exact) mass is 299 g/mol. The Morgan fingerprint density at radius 2 is 2.16 bits per heavy atom. The van der Waals surface area contributed by atoms with Gasteiger partial charge in [0.05, 0.1) is 23.4 Å². The Kier molecular flexibility index (Phi) is 4.06. The summed E-state index contributed by atoms with van der Waals surface area (Å²) >= 11 is 6.10. The van der Waals surface area contributed by atoms with Crippen LogP contribution in [0.2, 0.25) is 0 Å². The first-order valence-electron chi connectivity index (χ1n) is 5.41. The minimum Gasteiger partial charge on any atom is -0.389 e. The molecule has 0 fully saturated rings. The van der Waals surface area contributed by atoms with Gasteiger partial charge in [0, 0.05) is 10.4 Å². The van der Waals surface area contributed by atoms with Crippen LogP contribution in [0.3, 0.4) is 0 Å². The summed E-state index contributed by atoms with van der Waals surface area (Å²) < 4.78 is 27.5. The summed E-state index contributed by atoms with van der Waals surface area (Å²) in [5.41, 5.74) is 7.87. The van der Waals surface area contributed by atoms with E-state index in [4.69, 9.17) is 5.73 Å². The third-order valence-electron chi connectivity index (χ3n) is 2.63. The zero-order valence-electron chi connectivity index (χ0n) is 10.0. The molecule has 0 aliphatic carbocycles. The van der Waals surface area contributed by atoms with Gasteiger partial charge < -0.3 is 11.1 Å². The Labute approximate surface area is 118 Å². The second-order valence-electron chi connectivity index (χ2n) is 3.87. The third-order valence-corrected chi connectivity index (χ3v) is 3.79. The number of halogens is 2. The molecule has 0 radical (unpaired) electrons. The van der Waals surface area contributed by atoms with Crippen LogP contribution in [0.1, 0.15) is 16.1 Å². The van der Waals surface area contributed by atoms with Crippen molar-refractivity contribution in [1.82, 2.24) is 4.98 Å². The lowest BCUT2D eigenvalue weighted by molar-refractivity contribution is 0.509. The summed E-state index contributed by atoms with van der Waals surface area (Å²) in [5, 5.41) is 2.83. The molecular weight excluding hydrogens is 288 g/mol. The van der Waals surface area contributed by atoms with Gasteiger partial charge in [0.1, 0.15) is 4.99 Å². The molecule has 0 unspecified atom stereocenters. The fraction of sp³-hybridized carbons (Fsp3) is 0.167. The fourth-order valence-corrected chi connectivity index (χ4v) is 2.42. The van der Waals surface area contributed by atoms with Crippen molar-refractivity contribution in [2.24, 2.45) is 5.73 Å². The smallest absolute Gasteiger partial charge is 0.182 e. The lowest BCUT2D eigenvalue weighted by Crippen LogP contribution is -2.13. The molecule has 0 aliphatic heterocycles. The van der Waals surface area contributed by atoms with E-state index in [0.717, 1.165) is 10.6 Å². The van der Waals surface area contributed by atoms with Gasteiger partial charge in [0.2, 0.25) is 0 Å². The van der Waals surface area contributed by atoms with E-state index in [-0.39, 0.29) is 16.2 Å². The van der Waals surface area contributed by atoms with Crippen molar-refractivity contribution in [1.29, 1.82) is 0 Å². The van der Waals surface area contributed by atoms with Gasteiger partial charge in [-0.2, -0.15) is 0 Å². The summed E-state index contributed by atoms with van der Waals surface area (Å²) in [7, 11) is 0. The van der Waals surface area contributed by atoms with E-state index in [0.29, 0.717) is 6.54 Å². The first-order valence-corrected chi connectivity index (χ1v) is 6.70. The number of rotatable bonds is 4. The molecule has 1 aromatic heterocycles. The van der Waals surface area contributed by atoms with Gasteiger partial charge in [0.15, 0.2) is 11.6 Å². The van der Waals surface area contributed by atoms with Crippen molar-refractivity contribution in [2.75, 3.05) is 5.32 Å². The molecule has 19 heavy (non-hydrogen) atoms. The molecule has 0 aliphatic rings. The Morgan fingerprint density at radius 1 is 1.42 bits per heavy atom. The average molecular weight is 299 g/mol. The van der Waals surface area contributed by atoms with Crippen LogP contribution in [0.5, 0.6) is 0 Å². The van der Waals surface area contributed by atoms with E-state index in [9.17, 15) is 8.78 Å². The highest BCUT2D eigenvalue weighted by molar-refractivity contribution is 7.80. The van der Waals surface area contributed by atoms with E-state index in [1.165, 1.54) is 23.5 Å². The number of aromatic nitrogens is 1. The second kappa shape index (κ2) is 5.58. The maximum absolute atomic E-state index is 13.8. The SMILES string of the molecule is Cc1ncsc1CNc1ccc(C(N)=S)c(F)c1F. The van der Waals surface area contributed by atoms with Crippen molar-refractivity contribution >= 4 is 34.2 Å².